The maximum atomic E-state index is 13.8. The Morgan fingerprint density at radius 1 is 0.897 bits per heavy atom. The lowest BCUT2D eigenvalue weighted by Gasteiger charge is -2.33. The quantitative estimate of drug-likeness (QED) is 0.173. The molecule has 3 rings (SSSR count). The minimum absolute atomic E-state index is 0.103. The van der Waals surface area contributed by atoms with Gasteiger partial charge in [0.1, 0.15) is 11.6 Å². The second kappa shape index (κ2) is 15.5. The summed E-state index contributed by atoms with van der Waals surface area (Å²) in [6.45, 7) is 9.06. The van der Waals surface area contributed by atoms with Crippen molar-refractivity contribution in [2.24, 2.45) is 5.92 Å². The number of unbranched alkanes of at least 4 members (excludes halogenated alkanes) is 8. The van der Waals surface area contributed by atoms with Crippen LogP contribution in [0.5, 0.6) is 0 Å². The lowest BCUT2D eigenvalue weighted by Crippen LogP contribution is -2.40. The van der Waals surface area contributed by atoms with Gasteiger partial charge >= 0.3 is 0 Å². The standard InChI is InChI=1S/C33H46FN3O2/c1-5-7-8-9-10-11-12-13-14-19-31(38)36(24-25(3)4)30(6-2)32-35-29-18-16-15-17-28(29)33(39)37(32)27-22-20-26(34)21-23-27/h15-18,20-23,25,30H,5-14,19,24H2,1-4H3. The second-order valence-corrected chi connectivity index (χ2v) is 11.0. The van der Waals surface area contributed by atoms with Crippen LogP contribution < -0.4 is 5.56 Å². The van der Waals surface area contributed by atoms with Gasteiger partial charge in [0, 0.05) is 13.0 Å². The van der Waals surface area contributed by atoms with Gasteiger partial charge < -0.3 is 4.90 Å². The van der Waals surface area contributed by atoms with E-state index >= 15 is 0 Å². The highest BCUT2D eigenvalue weighted by Gasteiger charge is 2.29. The Balaban J connectivity index is 1.86. The van der Waals surface area contributed by atoms with Crippen LogP contribution in [-0.2, 0) is 4.79 Å². The maximum Gasteiger partial charge on any atom is 0.266 e. The van der Waals surface area contributed by atoms with Crippen molar-refractivity contribution >= 4 is 16.8 Å². The molecule has 0 bridgehead atoms. The van der Waals surface area contributed by atoms with E-state index < -0.39 is 0 Å². The number of carbonyl (C=O) groups is 1. The highest BCUT2D eigenvalue weighted by Crippen LogP contribution is 2.28. The average Bonchev–Trinajstić information content (AvgIpc) is 2.92. The van der Waals surface area contributed by atoms with Crippen molar-refractivity contribution < 1.29 is 9.18 Å². The van der Waals surface area contributed by atoms with Gasteiger partial charge in [-0.25, -0.2) is 9.37 Å². The van der Waals surface area contributed by atoms with Gasteiger partial charge in [0.25, 0.3) is 5.56 Å². The van der Waals surface area contributed by atoms with Gasteiger partial charge in [0.2, 0.25) is 5.91 Å². The van der Waals surface area contributed by atoms with E-state index in [0.717, 1.165) is 19.3 Å². The van der Waals surface area contributed by atoms with E-state index in [1.807, 2.05) is 30.0 Å². The lowest BCUT2D eigenvalue weighted by molar-refractivity contribution is -0.134. The van der Waals surface area contributed by atoms with Crippen molar-refractivity contribution in [2.45, 2.75) is 104 Å². The summed E-state index contributed by atoms with van der Waals surface area (Å²) in [5, 5.41) is 0.497. The summed E-state index contributed by atoms with van der Waals surface area (Å²) in [6, 6.07) is 12.8. The van der Waals surface area contributed by atoms with Crippen LogP contribution in [0.2, 0.25) is 0 Å². The molecule has 0 saturated carbocycles. The number of nitrogens with zero attached hydrogens (tertiary/aromatic N) is 3. The van der Waals surface area contributed by atoms with Crippen LogP contribution in [-0.4, -0.2) is 26.9 Å². The van der Waals surface area contributed by atoms with Gasteiger partial charge in [-0.1, -0.05) is 91.2 Å². The maximum absolute atomic E-state index is 13.8. The minimum atomic E-state index is -0.374. The number of carbonyl (C=O) groups excluding carboxylic acids is 1. The third-order valence-corrected chi connectivity index (χ3v) is 7.32. The third-order valence-electron chi connectivity index (χ3n) is 7.32. The topological polar surface area (TPSA) is 55.2 Å². The second-order valence-electron chi connectivity index (χ2n) is 11.0. The summed E-state index contributed by atoms with van der Waals surface area (Å²) in [5.41, 5.74) is 0.936. The molecule has 1 heterocycles. The monoisotopic (exact) mass is 535 g/mol. The number of amides is 1. The van der Waals surface area contributed by atoms with Crippen LogP contribution in [0.15, 0.2) is 53.3 Å². The first kappa shape index (κ1) is 30.5. The molecule has 2 aromatic carbocycles. The first-order chi connectivity index (χ1) is 18.9. The molecule has 39 heavy (non-hydrogen) atoms. The van der Waals surface area contributed by atoms with Crippen LogP contribution in [0.4, 0.5) is 4.39 Å². The van der Waals surface area contributed by atoms with Crippen molar-refractivity contribution in [2.75, 3.05) is 6.54 Å². The van der Waals surface area contributed by atoms with Gasteiger partial charge in [-0.15, -0.1) is 0 Å². The predicted octanol–water partition coefficient (Wildman–Crippen LogP) is 8.38. The van der Waals surface area contributed by atoms with Crippen LogP contribution in [0.1, 0.15) is 110 Å². The Labute approximate surface area is 233 Å². The van der Waals surface area contributed by atoms with E-state index in [2.05, 4.69) is 20.8 Å². The summed E-state index contributed by atoms with van der Waals surface area (Å²) in [4.78, 5) is 34.3. The predicted molar refractivity (Wildman–Crippen MR) is 159 cm³/mol. The zero-order valence-electron chi connectivity index (χ0n) is 24.3. The summed E-state index contributed by atoms with van der Waals surface area (Å²) in [6.07, 6.45) is 11.9. The lowest BCUT2D eigenvalue weighted by atomic mass is 10.0. The van der Waals surface area contributed by atoms with Gasteiger partial charge in [-0.3, -0.25) is 14.2 Å². The molecule has 0 radical (unpaired) electrons. The molecule has 5 nitrogen and oxygen atoms in total. The smallest absolute Gasteiger partial charge is 0.266 e. The molecular formula is C33H46FN3O2. The van der Waals surface area contributed by atoms with E-state index in [-0.39, 0.29) is 29.2 Å². The molecule has 3 aromatic rings. The number of rotatable bonds is 16. The molecule has 0 aliphatic carbocycles. The number of para-hydroxylation sites is 1. The van der Waals surface area contributed by atoms with Crippen molar-refractivity contribution in [3.05, 3.63) is 70.5 Å². The molecule has 0 saturated heterocycles. The molecule has 0 aliphatic rings. The van der Waals surface area contributed by atoms with Crippen molar-refractivity contribution in [3.63, 3.8) is 0 Å². The fourth-order valence-corrected chi connectivity index (χ4v) is 5.28. The molecule has 0 N–H and O–H groups in total. The Kier molecular flexibility index (Phi) is 12.2. The zero-order valence-corrected chi connectivity index (χ0v) is 24.3. The van der Waals surface area contributed by atoms with E-state index in [1.54, 1.807) is 22.8 Å². The van der Waals surface area contributed by atoms with Gasteiger partial charge in [-0.2, -0.15) is 0 Å². The molecule has 0 fully saturated rings. The Morgan fingerprint density at radius 2 is 1.51 bits per heavy atom. The van der Waals surface area contributed by atoms with Crippen molar-refractivity contribution in [1.29, 1.82) is 0 Å². The van der Waals surface area contributed by atoms with Crippen LogP contribution in [0, 0.1) is 11.7 Å². The summed E-state index contributed by atoms with van der Waals surface area (Å²) in [5.74, 6) is 0.518. The van der Waals surface area contributed by atoms with E-state index in [0.29, 0.717) is 41.8 Å². The van der Waals surface area contributed by atoms with E-state index in [9.17, 15) is 14.0 Å². The molecule has 1 unspecified atom stereocenters. The van der Waals surface area contributed by atoms with Gasteiger partial charge in [0.05, 0.1) is 22.6 Å². The third kappa shape index (κ3) is 8.48. The molecule has 1 aromatic heterocycles. The van der Waals surface area contributed by atoms with Crippen LogP contribution >= 0.6 is 0 Å². The number of hydrogen-bond acceptors (Lipinski definition) is 3. The zero-order chi connectivity index (χ0) is 28.2. The molecule has 1 atom stereocenters. The fraction of sp³-hybridized carbons (Fsp3) is 0.545. The summed E-state index contributed by atoms with van der Waals surface area (Å²) >= 11 is 0. The van der Waals surface area contributed by atoms with Gasteiger partial charge in [0.15, 0.2) is 0 Å². The first-order valence-corrected chi connectivity index (χ1v) is 14.9. The van der Waals surface area contributed by atoms with E-state index in [1.165, 1.54) is 50.7 Å². The van der Waals surface area contributed by atoms with E-state index in [4.69, 9.17) is 4.98 Å². The number of hydrogen-bond donors (Lipinski definition) is 0. The SMILES string of the molecule is CCCCCCCCCCCC(=O)N(CC(C)C)C(CC)c1nc2ccccc2c(=O)n1-c1ccc(F)cc1. The number of halogens is 1. The van der Waals surface area contributed by atoms with Crippen LogP contribution in [0.25, 0.3) is 16.6 Å². The Bertz CT molecular complexity index is 1240. The normalized spacial score (nSPS) is 12.3. The van der Waals surface area contributed by atoms with Crippen LogP contribution in [0.3, 0.4) is 0 Å². The summed E-state index contributed by atoms with van der Waals surface area (Å²) in [7, 11) is 0. The highest BCUT2D eigenvalue weighted by molar-refractivity contribution is 5.79. The molecular weight excluding hydrogens is 489 g/mol. The number of aromatic nitrogens is 2. The molecule has 0 spiro atoms. The molecule has 212 valence electrons. The minimum Gasteiger partial charge on any atom is -0.332 e. The first-order valence-electron chi connectivity index (χ1n) is 14.9. The van der Waals surface area contributed by atoms with Crippen molar-refractivity contribution in [3.8, 4) is 5.69 Å². The molecule has 1 amide bonds. The summed E-state index contributed by atoms with van der Waals surface area (Å²) < 4.78 is 15.3. The number of benzene rings is 2. The molecule has 0 aliphatic heterocycles. The molecule has 6 heteroatoms. The average molecular weight is 536 g/mol. The largest absolute Gasteiger partial charge is 0.332 e. The van der Waals surface area contributed by atoms with Crippen molar-refractivity contribution in [1.82, 2.24) is 14.5 Å². The fourth-order valence-electron chi connectivity index (χ4n) is 5.28. The Hall–Kier alpha value is -3.02. The Morgan fingerprint density at radius 3 is 2.13 bits per heavy atom. The highest BCUT2D eigenvalue weighted by atomic mass is 19.1. The van der Waals surface area contributed by atoms with Gasteiger partial charge in [-0.05, 0) is 55.2 Å². The number of fused-ring (bicyclic) bond motifs is 1.